The molecule has 0 bridgehead atoms. The maximum Gasteiger partial charge on any atom is 0.397 e. The minimum absolute atomic E-state index is 0.00282. The number of hydrogen-bond acceptors (Lipinski definition) is 21. The average molecular weight is 931 g/mol. The van der Waals surface area contributed by atoms with Crippen LogP contribution >= 0.6 is 0 Å². The van der Waals surface area contributed by atoms with Crippen molar-refractivity contribution < 1.29 is 69.5 Å². The first-order valence-corrected chi connectivity index (χ1v) is 23.5. The summed E-state index contributed by atoms with van der Waals surface area (Å²) in [5, 5.41) is 34.7. The highest BCUT2D eigenvalue weighted by atomic mass is 32.3. The number of anilines is 2. The molecule has 0 aliphatic rings. The number of nitrogens with two attached hydrogens (primary N) is 2. The van der Waals surface area contributed by atoms with Crippen molar-refractivity contribution in [2.24, 2.45) is 30.7 Å². The van der Waals surface area contributed by atoms with Crippen LogP contribution < -0.4 is 11.5 Å². The Balaban J connectivity index is 1.85. The highest BCUT2D eigenvalue weighted by Crippen LogP contribution is 2.49. The van der Waals surface area contributed by atoms with Crippen molar-refractivity contribution in [2.45, 2.75) is 14.7 Å². The number of sulfone groups is 3. The molecular formula is C31H30N8O16S5. The molecule has 4 rings (SSSR count). The Morgan fingerprint density at radius 1 is 0.583 bits per heavy atom. The molecule has 29 heteroatoms. The topological polar surface area (TPSA) is 393 Å². The highest BCUT2D eigenvalue weighted by Gasteiger charge is 2.27. The molecule has 0 spiro atoms. The standard InChI is InChI=1S/C31H30N8O16S5/c1-2-56(42,43)22-11-9-19(10-12-22)34-37-28-25(31(40)41)29(38-35-20-5-3-7-23(17-20)57(44,45)15-13-54-59(48,49)50)27(33)30(26(28)32)39-36-21-6-4-8-24(18-21)58(46,47)16-14-55-60(51,52)53/h2-12,17-18H,1,13-16,32-33H2,(H,40,41)(H,48,49,50)(H,51,52,53)/b37-34?,38-35?,39-36-. The maximum atomic E-state index is 12.8. The molecule has 0 saturated carbocycles. The lowest BCUT2D eigenvalue weighted by atomic mass is 10.1. The van der Waals surface area contributed by atoms with Gasteiger partial charge in [0.1, 0.15) is 22.6 Å². The first-order chi connectivity index (χ1) is 27.8. The Labute approximate surface area is 341 Å². The lowest BCUT2D eigenvalue weighted by Gasteiger charge is -2.13. The predicted octanol–water partition coefficient (Wildman–Crippen LogP) is 4.90. The third kappa shape index (κ3) is 12.5. The summed E-state index contributed by atoms with van der Waals surface area (Å²) in [6, 6.07) is 14.0. The van der Waals surface area contributed by atoms with E-state index in [0.29, 0.717) is 0 Å². The number of carboxylic acids is 1. The molecule has 0 fully saturated rings. The molecular weight excluding hydrogens is 901 g/mol. The van der Waals surface area contributed by atoms with Crippen molar-refractivity contribution in [2.75, 3.05) is 36.2 Å². The van der Waals surface area contributed by atoms with E-state index in [9.17, 15) is 52.0 Å². The van der Waals surface area contributed by atoms with Gasteiger partial charge >= 0.3 is 26.8 Å². The minimum Gasteiger partial charge on any atom is -0.478 e. The molecule has 0 saturated heterocycles. The molecule has 60 heavy (non-hydrogen) atoms. The fraction of sp³-hybridized carbons (Fsp3) is 0.129. The molecule has 4 aromatic carbocycles. The van der Waals surface area contributed by atoms with Gasteiger partial charge < -0.3 is 16.6 Å². The Morgan fingerprint density at radius 2 is 0.983 bits per heavy atom. The van der Waals surface area contributed by atoms with Gasteiger partial charge in [0.2, 0.25) is 0 Å². The van der Waals surface area contributed by atoms with Crippen LogP contribution in [0.4, 0.5) is 45.5 Å². The lowest BCUT2D eigenvalue weighted by molar-refractivity contribution is 0.0698. The molecule has 0 unspecified atom stereocenters. The summed E-state index contributed by atoms with van der Waals surface area (Å²) < 4.78 is 144. The number of nitrogen functional groups attached to an aromatic ring is 2. The molecule has 0 atom stereocenters. The summed E-state index contributed by atoms with van der Waals surface area (Å²) in [5.74, 6) is -3.51. The number of nitrogens with zero attached hydrogens (tertiary/aromatic N) is 6. The minimum atomic E-state index is -4.94. The fourth-order valence-electron chi connectivity index (χ4n) is 4.60. The van der Waals surface area contributed by atoms with E-state index in [1.807, 2.05) is 0 Å². The van der Waals surface area contributed by atoms with Crippen LogP contribution in [-0.4, -0.2) is 87.0 Å². The second kappa shape index (κ2) is 18.6. The van der Waals surface area contributed by atoms with Crippen molar-refractivity contribution >= 4 is 102 Å². The fourth-order valence-corrected chi connectivity index (χ4v) is 8.36. The van der Waals surface area contributed by atoms with Crippen molar-refractivity contribution in [1.29, 1.82) is 0 Å². The van der Waals surface area contributed by atoms with Gasteiger partial charge in [-0.15, -0.1) is 15.3 Å². The molecule has 0 radical (unpaired) electrons. The first kappa shape index (κ1) is 46.8. The van der Waals surface area contributed by atoms with Gasteiger partial charge in [-0.2, -0.15) is 32.2 Å². The number of rotatable bonds is 19. The number of aromatic carboxylic acids is 1. The zero-order valence-corrected chi connectivity index (χ0v) is 34.2. The molecule has 0 aromatic heterocycles. The molecule has 0 heterocycles. The Bertz CT molecular complexity index is 2990. The van der Waals surface area contributed by atoms with E-state index < -0.39 is 120 Å². The van der Waals surface area contributed by atoms with Gasteiger partial charge in [-0.25, -0.2) is 38.4 Å². The average Bonchev–Trinajstić information content (AvgIpc) is 3.16. The van der Waals surface area contributed by atoms with E-state index in [4.69, 9.17) is 20.6 Å². The smallest absolute Gasteiger partial charge is 0.397 e. The van der Waals surface area contributed by atoms with Crippen LogP contribution in [0.3, 0.4) is 0 Å². The van der Waals surface area contributed by atoms with Crippen molar-refractivity contribution in [3.05, 3.63) is 90.3 Å². The summed E-state index contributed by atoms with van der Waals surface area (Å²) in [7, 11) is -22.2. The quantitative estimate of drug-likeness (QED) is 0.0474. The molecule has 7 N–H and O–H groups in total. The van der Waals surface area contributed by atoms with E-state index >= 15 is 0 Å². The Kier molecular flexibility index (Phi) is 14.5. The highest BCUT2D eigenvalue weighted by molar-refractivity contribution is 7.94. The van der Waals surface area contributed by atoms with Gasteiger partial charge in [-0.05, 0) is 60.7 Å². The maximum absolute atomic E-state index is 12.8. The Morgan fingerprint density at radius 3 is 1.37 bits per heavy atom. The van der Waals surface area contributed by atoms with Gasteiger partial charge in [-0.3, -0.25) is 9.11 Å². The normalized spacial score (nSPS) is 13.0. The van der Waals surface area contributed by atoms with Crippen LogP contribution in [0.5, 0.6) is 0 Å². The van der Waals surface area contributed by atoms with E-state index in [-0.39, 0.29) is 26.9 Å². The van der Waals surface area contributed by atoms with E-state index in [1.165, 1.54) is 48.5 Å². The molecule has 0 aliphatic carbocycles. The zero-order chi connectivity index (χ0) is 44.7. The van der Waals surface area contributed by atoms with Crippen LogP contribution in [0.2, 0.25) is 0 Å². The van der Waals surface area contributed by atoms with Gasteiger partial charge in [0.05, 0.1) is 67.8 Å². The summed E-state index contributed by atoms with van der Waals surface area (Å²) >= 11 is 0. The largest absolute Gasteiger partial charge is 0.478 e. The number of carbonyl (C=O) groups is 1. The summed E-state index contributed by atoms with van der Waals surface area (Å²) in [6.45, 7) is 1.39. The Hall–Kier alpha value is -5.92. The summed E-state index contributed by atoms with van der Waals surface area (Å²) in [6.07, 6.45) is 0. The molecule has 4 aromatic rings. The zero-order valence-electron chi connectivity index (χ0n) is 30.1. The van der Waals surface area contributed by atoms with Crippen LogP contribution in [0.15, 0.2) is 130 Å². The van der Waals surface area contributed by atoms with E-state index in [1.54, 1.807) is 0 Å². The number of benzene rings is 4. The molecule has 320 valence electrons. The van der Waals surface area contributed by atoms with Crippen LogP contribution in [0, 0.1) is 0 Å². The molecule has 24 nitrogen and oxygen atoms in total. The predicted molar refractivity (Wildman–Crippen MR) is 211 cm³/mol. The summed E-state index contributed by atoms with van der Waals surface area (Å²) in [4.78, 5) is 11.8. The lowest BCUT2D eigenvalue weighted by Crippen LogP contribution is -2.15. The second-order valence-electron chi connectivity index (χ2n) is 11.5. The van der Waals surface area contributed by atoms with Crippen molar-refractivity contribution in [1.82, 2.24) is 0 Å². The van der Waals surface area contributed by atoms with Gasteiger partial charge in [-0.1, -0.05) is 18.7 Å². The second-order valence-corrected chi connectivity index (χ2v) is 19.8. The van der Waals surface area contributed by atoms with Gasteiger partial charge in [0.15, 0.2) is 29.5 Å². The van der Waals surface area contributed by atoms with Crippen LogP contribution in [0.25, 0.3) is 0 Å². The van der Waals surface area contributed by atoms with Crippen LogP contribution in [0.1, 0.15) is 10.4 Å². The van der Waals surface area contributed by atoms with Crippen LogP contribution in [-0.2, 0) is 58.7 Å². The molecule has 0 aliphatic heterocycles. The van der Waals surface area contributed by atoms with E-state index in [0.717, 1.165) is 29.7 Å². The SMILES string of the molecule is C=CS(=O)(=O)c1ccc(N=Nc2c(N)c(/N=N\c3cccc(S(=O)(=O)CCOS(=O)(=O)O)c3)c(N)c(N=Nc3cccc(S(=O)(=O)CCOS(=O)(=O)O)c3)c2C(=O)O)cc1. The monoisotopic (exact) mass is 930 g/mol. The van der Waals surface area contributed by atoms with Crippen molar-refractivity contribution in [3.8, 4) is 0 Å². The molecule has 0 amide bonds. The third-order valence-corrected chi connectivity index (χ3v) is 13.1. The number of carboxylic acid groups (broad SMARTS) is 1. The summed E-state index contributed by atoms with van der Waals surface area (Å²) in [5.41, 5.74) is 8.52. The van der Waals surface area contributed by atoms with E-state index in [2.05, 4.69) is 45.6 Å². The number of hydrogen-bond donors (Lipinski definition) is 5. The third-order valence-electron chi connectivity index (χ3n) is 7.41. The first-order valence-electron chi connectivity index (χ1n) is 15.9. The number of azo groups is 3. The van der Waals surface area contributed by atoms with Crippen molar-refractivity contribution in [3.63, 3.8) is 0 Å². The van der Waals surface area contributed by atoms with Gasteiger partial charge in [0, 0.05) is 5.41 Å². The van der Waals surface area contributed by atoms with Gasteiger partial charge in [0.25, 0.3) is 0 Å².